The van der Waals surface area contributed by atoms with Crippen LogP contribution in [0.5, 0.6) is 0 Å². The van der Waals surface area contributed by atoms with Gasteiger partial charge in [-0.2, -0.15) is 0 Å². The van der Waals surface area contributed by atoms with Crippen molar-refractivity contribution in [1.82, 2.24) is 0 Å². The third kappa shape index (κ3) is 2.31. The second-order valence-electron chi connectivity index (χ2n) is 2.10. The number of hydrogen-bond donors (Lipinski definition) is 1. The number of ketones is 1. The molecule has 0 aromatic heterocycles. The zero-order valence-corrected chi connectivity index (χ0v) is 6.19. The van der Waals surface area contributed by atoms with E-state index in [1.807, 2.05) is 13.8 Å². The molecule has 0 aliphatic carbocycles. The molecule has 0 saturated carbocycles. The van der Waals surface area contributed by atoms with Crippen LogP contribution in [0, 0.1) is 0 Å². The molecule has 0 rings (SSSR count). The molecule has 0 atom stereocenters. The van der Waals surface area contributed by atoms with Gasteiger partial charge in [0.25, 0.3) is 0 Å². The van der Waals surface area contributed by atoms with Gasteiger partial charge in [-0.15, -0.1) is 0 Å². The Kier molecular flexibility index (Phi) is 2.99. The Balaban J connectivity index is 4.28. The Morgan fingerprint density at radius 1 is 1.44 bits per heavy atom. The normalized spacial score (nSPS) is 12.8. The Morgan fingerprint density at radius 3 is 2.00 bits per heavy atom. The summed E-state index contributed by atoms with van der Waals surface area (Å²) in [5.41, 5.74) is 6.79. The van der Waals surface area contributed by atoms with Crippen LogP contribution in [0.4, 0.5) is 0 Å². The van der Waals surface area contributed by atoms with E-state index in [1.165, 1.54) is 6.92 Å². The van der Waals surface area contributed by atoms with Crippen molar-refractivity contribution in [1.29, 1.82) is 0 Å². The van der Waals surface area contributed by atoms with Gasteiger partial charge in [-0.1, -0.05) is 6.92 Å². The average molecular weight is 127 g/mol. The number of carbonyl (C=O) groups excluding carboxylic acids is 1. The lowest BCUT2D eigenvalue weighted by Gasteiger charge is -1.98. The molecule has 2 heteroatoms. The molecule has 0 aliphatic rings. The fourth-order valence-corrected chi connectivity index (χ4v) is 0.491. The van der Waals surface area contributed by atoms with Crippen LogP contribution in [-0.4, -0.2) is 5.78 Å². The fourth-order valence-electron chi connectivity index (χ4n) is 0.491. The molecule has 52 valence electrons. The van der Waals surface area contributed by atoms with Gasteiger partial charge in [0.1, 0.15) is 0 Å². The van der Waals surface area contributed by atoms with Gasteiger partial charge in [-0.3, -0.25) is 4.79 Å². The highest BCUT2D eigenvalue weighted by Gasteiger charge is 1.99. The van der Waals surface area contributed by atoms with Gasteiger partial charge in [0, 0.05) is 6.92 Å². The molecule has 0 spiro atoms. The first-order chi connectivity index (χ1) is 4.09. The standard InChI is InChI=1S/C7H13NO/c1-4-5(2)7(8)6(3)9/h4,8H2,1-3H3/b7-5-. The predicted octanol–water partition coefficient (Wildman–Crippen LogP) is 1.22. The van der Waals surface area contributed by atoms with E-state index in [-0.39, 0.29) is 5.78 Å². The number of rotatable bonds is 2. The molecule has 0 unspecified atom stereocenters. The van der Waals surface area contributed by atoms with Crippen LogP contribution in [-0.2, 0) is 4.79 Å². The first kappa shape index (κ1) is 8.21. The first-order valence-electron chi connectivity index (χ1n) is 3.05. The summed E-state index contributed by atoms with van der Waals surface area (Å²) in [6, 6.07) is 0. The smallest absolute Gasteiger partial charge is 0.175 e. The van der Waals surface area contributed by atoms with Crippen molar-refractivity contribution in [3.05, 3.63) is 11.3 Å². The van der Waals surface area contributed by atoms with Crippen LogP contribution < -0.4 is 5.73 Å². The van der Waals surface area contributed by atoms with Crippen LogP contribution in [0.1, 0.15) is 27.2 Å². The monoisotopic (exact) mass is 127 g/mol. The Bertz CT molecular complexity index is 147. The molecule has 0 saturated heterocycles. The largest absolute Gasteiger partial charge is 0.396 e. The van der Waals surface area contributed by atoms with Crippen molar-refractivity contribution in [2.45, 2.75) is 27.2 Å². The molecule has 0 aromatic rings. The van der Waals surface area contributed by atoms with E-state index in [9.17, 15) is 4.79 Å². The van der Waals surface area contributed by atoms with Crippen LogP contribution in [0.25, 0.3) is 0 Å². The summed E-state index contributed by atoms with van der Waals surface area (Å²) in [4.78, 5) is 10.6. The minimum absolute atomic E-state index is 0.0330. The zero-order chi connectivity index (χ0) is 7.44. The average Bonchev–Trinajstić information content (AvgIpc) is 1.84. The van der Waals surface area contributed by atoms with Crippen molar-refractivity contribution in [3.8, 4) is 0 Å². The second kappa shape index (κ2) is 3.28. The van der Waals surface area contributed by atoms with E-state index in [0.29, 0.717) is 5.70 Å². The van der Waals surface area contributed by atoms with Crippen molar-refractivity contribution in [2.24, 2.45) is 5.73 Å². The minimum Gasteiger partial charge on any atom is -0.396 e. The van der Waals surface area contributed by atoms with Gasteiger partial charge in [0.2, 0.25) is 0 Å². The number of allylic oxidation sites excluding steroid dienone is 2. The van der Waals surface area contributed by atoms with Crippen LogP contribution in [0.15, 0.2) is 11.3 Å². The highest BCUT2D eigenvalue weighted by atomic mass is 16.1. The summed E-state index contributed by atoms with van der Waals surface area (Å²) in [5, 5.41) is 0. The van der Waals surface area contributed by atoms with E-state index in [0.717, 1.165) is 12.0 Å². The lowest BCUT2D eigenvalue weighted by atomic mass is 10.1. The summed E-state index contributed by atoms with van der Waals surface area (Å²) >= 11 is 0. The highest BCUT2D eigenvalue weighted by molar-refractivity contribution is 5.92. The molecular formula is C7H13NO. The SMILES string of the molecule is CC/C(C)=C(\N)C(C)=O. The summed E-state index contributed by atoms with van der Waals surface area (Å²) < 4.78 is 0. The van der Waals surface area contributed by atoms with E-state index < -0.39 is 0 Å². The van der Waals surface area contributed by atoms with Crippen LogP contribution in [0.2, 0.25) is 0 Å². The maximum atomic E-state index is 10.6. The van der Waals surface area contributed by atoms with E-state index >= 15 is 0 Å². The highest BCUT2D eigenvalue weighted by Crippen LogP contribution is 2.02. The summed E-state index contributed by atoms with van der Waals surface area (Å²) in [6.45, 7) is 5.33. The van der Waals surface area contributed by atoms with E-state index in [1.54, 1.807) is 0 Å². The molecule has 2 N–H and O–H groups in total. The molecule has 0 bridgehead atoms. The molecule has 0 radical (unpaired) electrons. The number of Topliss-reactive ketones (excluding diaryl/α,β-unsaturated/α-hetero) is 1. The Hall–Kier alpha value is -0.790. The fraction of sp³-hybridized carbons (Fsp3) is 0.571. The third-order valence-corrected chi connectivity index (χ3v) is 1.37. The van der Waals surface area contributed by atoms with Gasteiger partial charge in [0.15, 0.2) is 5.78 Å². The van der Waals surface area contributed by atoms with E-state index in [2.05, 4.69) is 0 Å². The predicted molar refractivity (Wildman–Crippen MR) is 37.9 cm³/mol. The number of carbonyl (C=O) groups is 1. The van der Waals surface area contributed by atoms with Crippen molar-refractivity contribution in [3.63, 3.8) is 0 Å². The van der Waals surface area contributed by atoms with Crippen molar-refractivity contribution in [2.75, 3.05) is 0 Å². The van der Waals surface area contributed by atoms with Gasteiger partial charge in [0.05, 0.1) is 5.70 Å². The maximum absolute atomic E-state index is 10.6. The lowest BCUT2D eigenvalue weighted by Crippen LogP contribution is -2.09. The molecule has 0 heterocycles. The van der Waals surface area contributed by atoms with Crippen molar-refractivity contribution >= 4 is 5.78 Å². The molecule has 0 fully saturated rings. The molecular weight excluding hydrogens is 114 g/mol. The Morgan fingerprint density at radius 2 is 1.89 bits per heavy atom. The molecule has 0 aromatic carbocycles. The van der Waals surface area contributed by atoms with Crippen molar-refractivity contribution < 1.29 is 4.79 Å². The summed E-state index contributed by atoms with van der Waals surface area (Å²) in [5.74, 6) is -0.0330. The van der Waals surface area contributed by atoms with Gasteiger partial charge < -0.3 is 5.73 Å². The number of hydrogen-bond acceptors (Lipinski definition) is 2. The van der Waals surface area contributed by atoms with Gasteiger partial charge in [-0.25, -0.2) is 0 Å². The zero-order valence-electron chi connectivity index (χ0n) is 6.19. The maximum Gasteiger partial charge on any atom is 0.175 e. The minimum atomic E-state index is -0.0330. The van der Waals surface area contributed by atoms with Gasteiger partial charge >= 0.3 is 0 Å². The van der Waals surface area contributed by atoms with Gasteiger partial charge in [-0.05, 0) is 18.9 Å². The molecule has 9 heavy (non-hydrogen) atoms. The first-order valence-corrected chi connectivity index (χ1v) is 3.05. The Labute approximate surface area is 55.7 Å². The quantitative estimate of drug-likeness (QED) is 0.567. The topological polar surface area (TPSA) is 43.1 Å². The van der Waals surface area contributed by atoms with E-state index in [4.69, 9.17) is 5.73 Å². The van der Waals surface area contributed by atoms with Crippen LogP contribution in [0.3, 0.4) is 0 Å². The lowest BCUT2D eigenvalue weighted by molar-refractivity contribution is -0.113. The molecule has 0 aliphatic heterocycles. The second-order valence-corrected chi connectivity index (χ2v) is 2.10. The van der Waals surface area contributed by atoms with Crippen LogP contribution >= 0.6 is 0 Å². The summed E-state index contributed by atoms with van der Waals surface area (Å²) in [6.07, 6.45) is 0.853. The summed E-state index contributed by atoms with van der Waals surface area (Å²) in [7, 11) is 0. The number of nitrogens with two attached hydrogens (primary N) is 1. The molecule has 0 amide bonds. The molecule has 2 nitrogen and oxygen atoms in total. The third-order valence-electron chi connectivity index (χ3n) is 1.37.